The normalized spacial score (nSPS) is 17.6. The van der Waals surface area contributed by atoms with Gasteiger partial charge in [-0.05, 0) is 30.5 Å². The van der Waals surface area contributed by atoms with Crippen molar-refractivity contribution < 1.29 is 22.0 Å². The van der Waals surface area contributed by atoms with Gasteiger partial charge < -0.3 is 13.7 Å². The number of hydrogen-bond donors (Lipinski definition) is 0. The molecule has 170 valence electrons. The molecule has 1 amide bonds. The second-order valence-electron chi connectivity index (χ2n) is 8.59. The quantitative estimate of drug-likeness (QED) is 0.426. The Bertz CT molecular complexity index is 1550. The highest BCUT2D eigenvalue weighted by molar-refractivity contribution is 7.91. The van der Waals surface area contributed by atoms with Gasteiger partial charge in [0.25, 0.3) is 0 Å². The number of hydrogen-bond acceptors (Lipinski definition) is 6. The fourth-order valence-electron chi connectivity index (χ4n) is 4.52. The number of aryl methyl sites for hydroxylation is 1. The molecule has 1 fully saturated rings. The fraction of sp³-hybridized carbons (Fsp3) is 0.280. The predicted octanol–water partition coefficient (Wildman–Crippen LogP) is 3.70. The predicted molar refractivity (Wildman–Crippen MR) is 126 cm³/mol. The summed E-state index contributed by atoms with van der Waals surface area (Å²) in [6.45, 7) is 1.80. The van der Waals surface area contributed by atoms with Crippen LogP contribution in [0.1, 0.15) is 17.5 Å². The van der Waals surface area contributed by atoms with Crippen molar-refractivity contribution in [2.45, 2.75) is 25.8 Å². The zero-order valence-electron chi connectivity index (χ0n) is 18.3. The average Bonchev–Trinajstić information content (AvgIpc) is 3.37. The standard InChI is InChI=1S/C25H23NO6S/c1-15-18-10-20-21(16-6-4-3-5-7-16)13-31-22(20)12-23(18)32-25(28)19(15)11-24(27)26(2)17-8-9-33(29,30)14-17/h3-7,10,12-13,17H,8-9,11,14H2,1-2H3/t17-/m0/s1. The summed E-state index contributed by atoms with van der Waals surface area (Å²) in [6.07, 6.45) is 1.95. The van der Waals surface area contributed by atoms with E-state index in [1.54, 1.807) is 26.3 Å². The zero-order chi connectivity index (χ0) is 23.3. The lowest BCUT2D eigenvalue weighted by atomic mass is 9.99. The number of likely N-dealkylation sites (N-methyl/N-ethyl adjacent to an activating group) is 1. The lowest BCUT2D eigenvalue weighted by Gasteiger charge is -2.23. The number of carbonyl (C=O) groups is 1. The van der Waals surface area contributed by atoms with Crippen molar-refractivity contribution in [1.29, 1.82) is 0 Å². The van der Waals surface area contributed by atoms with Gasteiger partial charge in [-0.25, -0.2) is 13.2 Å². The molecule has 2 aromatic carbocycles. The van der Waals surface area contributed by atoms with Crippen molar-refractivity contribution >= 4 is 37.7 Å². The highest BCUT2D eigenvalue weighted by Crippen LogP contribution is 2.34. The number of fused-ring (bicyclic) bond motifs is 2. The highest BCUT2D eigenvalue weighted by Gasteiger charge is 2.33. The number of rotatable bonds is 4. The lowest BCUT2D eigenvalue weighted by molar-refractivity contribution is -0.130. The summed E-state index contributed by atoms with van der Waals surface area (Å²) in [5.41, 5.74) is 3.32. The summed E-state index contributed by atoms with van der Waals surface area (Å²) >= 11 is 0. The van der Waals surface area contributed by atoms with Gasteiger partial charge in [-0.15, -0.1) is 0 Å². The summed E-state index contributed by atoms with van der Waals surface area (Å²) in [4.78, 5) is 27.1. The van der Waals surface area contributed by atoms with Crippen molar-refractivity contribution in [3.63, 3.8) is 0 Å². The Balaban J connectivity index is 1.54. The summed E-state index contributed by atoms with van der Waals surface area (Å²) in [5.74, 6) is -0.265. The van der Waals surface area contributed by atoms with Gasteiger partial charge in [-0.2, -0.15) is 0 Å². The van der Waals surface area contributed by atoms with Crippen molar-refractivity contribution in [2.75, 3.05) is 18.6 Å². The van der Waals surface area contributed by atoms with E-state index in [1.165, 1.54) is 4.90 Å². The Kier molecular flexibility index (Phi) is 5.12. The molecule has 4 aromatic rings. The molecule has 0 saturated carbocycles. The molecular formula is C25H23NO6S. The molecule has 5 rings (SSSR count). The minimum atomic E-state index is -3.12. The Morgan fingerprint density at radius 2 is 1.88 bits per heavy atom. The van der Waals surface area contributed by atoms with Crippen LogP contribution >= 0.6 is 0 Å². The Morgan fingerprint density at radius 3 is 2.58 bits per heavy atom. The molecule has 7 nitrogen and oxygen atoms in total. The molecule has 2 aromatic heterocycles. The van der Waals surface area contributed by atoms with Gasteiger partial charge in [0, 0.05) is 35.5 Å². The molecular weight excluding hydrogens is 442 g/mol. The second kappa shape index (κ2) is 7.88. The van der Waals surface area contributed by atoms with E-state index in [4.69, 9.17) is 8.83 Å². The van der Waals surface area contributed by atoms with Crippen molar-refractivity contribution in [2.24, 2.45) is 0 Å². The molecule has 1 saturated heterocycles. The third kappa shape index (κ3) is 3.84. The van der Waals surface area contributed by atoms with Gasteiger partial charge >= 0.3 is 5.63 Å². The molecule has 1 aliphatic heterocycles. The lowest BCUT2D eigenvalue weighted by Crippen LogP contribution is -2.39. The van der Waals surface area contributed by atoms with Crippen LogP contribution in [-0.4, -0.2) is 43.8 Å². The van der Waals surface area contributed by atoms with Crippen LogP contribution in [0.3, 0.4) is 0 Å². The largest absolute Gasteiger partial charge is 0.464 e. The molecule has 33 heavy (non-hydrogen) atoms. The third-order valence-electron chi connectivity index (χ3n) is 6.54. The SMILES string of the molecule is Cc1c(CC(=O)N(C)[C@H]2CCS(=O)(=O)C2)c(=O)oc2cc3occ(-c4ccccc4)c3cc12. The number of furan rings is 1. The monoisotopic (exact) mass is 465 g/mol. The second-order valence-corrected chi connectivity index (χ2v) is 10.8. The molecule has 8 heteroatoms. The van der Waals surface area contributed by atoms with Crippen LogP contribution in [0.5, 0.6) is 0 Å². The van der Waals surface area contributed by atoms with E-state index >= 15 is 0 Å². The van der Waals surface area contributed by atoms with Crippen LogP contribution in [0.25, 0.3) is 33.1 Å². The molecule has 3 heterocycles. The van der Waals surface area contributed by atoms with E-state index in [2.05, 4.69) is 0 Å². The molecule has 1 aliphatic rings. The zero-order valence-corrected chi connectivity index (χ0v) is 19.1. The smallest absolute Gasteiger partial charge is 0.340 e. The van der Waals surface area contributed by atoms with Crippen molar-refractivity contribution in [1.82, 2.24) is 4.90 Å². The number of carbonyl (C=O) groups excluding carboxylic acids is 1. The topological polar surface area (TPSA) is 97.8 Å². The van der Waals surface area contributed by atoms with Gasteiger partial charge in [-0.3, -0.25) is 4.79 Å². The minimum absolute atomic E-state index is 0.0404. The third-order valence-corrected chi connectivity index (χ3v) is 8.29. The van der Waals surface area contributed by atoms with Crippen molar-refractivity contribution in [3.8, 4) is 11.1 Å². The number of benzene rings is 2. The Morgan fingerprint density at radius 1 is 1.12 bits per heavy atom. The van der Waals surface area contributed by atoms with Gasteiger partial charge in [-0.1, -0.05) is 30.3 Å². The van der Waals surface area contributed by atoms with Crippen LogP contribution < -0.4 is 5.63 Å². The first-order valence-electron chi connectivity index (χ1n) is 10.7. The molecule has 0 unspecified atom stereocenters. The first-order chi connectivity index (χ1) is 15.7. The number of sulfone groups is 1. The van der Waals surface area contributed by atoms with E-state index in [9.17, 15) is 18.0 Å². The van der Waals surface area contributed by atoms with Gasteiger partial charge in [0.05, 0.1) is 29.8 Å². The van der Waals surface area contributed by atoms with Crippen LogP contribution in [0, 0.1) is 6.92 Å². The molecule has 0 bridgehead atoms. The van der Waals surface area contributed by atoms with Crippen LogP contribution in [0.15, 0.2) is 62.4 Å². The average molecular weight is 466 g/mol. The fourth-order valence-corrected chi connectivity index (χ4v) is 6.29. The van der Waals surface area contributed by atoms with E-state index in [-0.39, 0.29) is 35.4 Å². The van der Waals surface area contributed by atoms with E-state index < -0.39 is 15.5 Å². The molecule has 0 aliphatic carbocycles. The number of amides is 1. The number of nitrogens with zero attached hydrogens (tertiary/aromatic N) is 1. The summed E-state index contributed by atoms with van der Waals surface area (Å²) < 4.78 is 34.8. The maximum atomic E-state index is 12.9. The van der Waals surface area contributed by atoms with E-state index in [0.717, 1.165) is 21.9 Å². The Labute approximate surface area is 190 Å². The summed E-state index contributed by atoms with van der Waals surface area (Å²) in [6, 6.07) is 13.1. The minimum Gasteiger partial charge on any atom is -0.464 e. The van der Waals surface area contributed by atoms with Crippen LogP contribution in [0.4, 0.5) is 0 Å². The molecule has 1 atom stereocenters. The summed E-state index contributed by atoms with van der Waals surface area (Å²) in [7, 11) is -1.53. The van der Waals surface area contributed by atoms with E-state index in [0.29, 0.717) is 23.2 Å². The molecule has 0 spiro atoms. The van der Waals surface area contributed by atoms with Gasteiger partial charge in [0.15, 0.2) is 9.84 Å². The Hall–Kier alpha value is -3.39. The van der Waals surface area contributed by atoms with Crippen molar-refractivity contribution in [3.05, 3.63) is 70.3 Å². The summed E-state index contributed by atoms with van der Waals surface area (Å²) in [5, 5.41) is 1.62. The van der Waals surface area contributed by atoms with Gasteiger partial charge in [0.2, 0.25) is 5.91 Å². The first-order valence-corrected chi connectivity index (χ1v) is 12.5. The van der Waals surface area contributed by atoms with Gasteiger partial charge in [0.1, 0.15) is 11.2 Å². The van der Waals surface area contributed by atoms with Crippen LogP contribution in [-0.2, 0) is 21.1 Å². The molecule has 0 N–H and O–H groups in total. The maximum Gasteiger partial charge on any atom is 0.340 e. The maximum absolute atomic E-state index is 12.9. The van der Waals surface area contributed by atoms with E-state index in [1.807, 2.05) is 36.4 Å². The highest BCUT2D eigenvalue weighted by atomic mass is 32.2. The molecule has 0 radical (unpaired) electrons. The van der Waals surface area contributed by atoms with Crippen LogP contribution in [0.2, 0.25) is 0 Å². The first kappa shape index (κ1) is 21.5.